The Morgan fingerprint density at radius 3 is 2.65 bits per heavy atom. The normalized spacial score (nSPS) is 11.2. The average molecular weight is 309 g/mol. The van der Waals surface area contributed by atoms with Gasteiger partial charge < -0.3 is 9.64 Å². The summed E-state index contributed by atoms with van der Waals surface area (Å²) < 4.78 is 42.9. The number of aromatic nitrogens is 2. The zero-order chi connectivity index (χ0) is 15.2. The molecule has 0 saturated carbocycles. The van der Waals surface area contributed by atoms with Crippen molar-refractivity contribution in [2.24, 2.45) is 0 Å². The first-order valence-corrected chi connectivity index (χ1v) is 5.99. The van der Waals surface area contributed by atoms with E-state index in [-0.39, 0.29) is 25.4 Å². The van der Waals surface area contributed by atoms with Crippen LogP contribution < -0.4 is 4.90 Å². The van der Waals surface area contributed by atoms with Crippen LogP contribution in [0.5, 0.6) is 0 Å². The Morgan fingerprint density at radius 1 is 1.40 bits per heavy atom. The fourth-order valence-corrected chi connectivity index (χ4v) is 1.62. The van der Waals surface area contributed by atoms with Crippen LogP contribution in [0.2, 0.25) is 5.28 Å². The fourth-order valence-electron chi connectivity index (χ4n) is 1.44. The van der Waals surface area contributed by atoms with Crippen LogP contribution in [0.1, 0.15) is 12.1 Å². The molecule has 1 aromatic heterocycles. The lowest BCUT2D eigenvalue weighted by molar-refractivity contribution is -0.141. The van der Waals surface area contributed by atoms with Crippen molar-refractivity contribution < 1.29 is 17.9 Å². The minimum absolute atomic E-state index is 0.0182. The molecule has 0 saturated heterocycles. The number of anilines is 1. The van der Waals surface area contributed by atoms with Gasteiger partial charge in [0.25, 0.3) is 0 Å². The van der Waals surface area contributed by atoms with Crippen molar-refractivity contribution in [2.75, 3.05) is 31.7 Å². The van der Waals surface area contributed by atoms with E-state index >= 15 is 0 Å². The summed E-state index contributed by atoms with van der Waals surface area (Å²) in [4.78, 5) is 8.42. The Morgan fingerprint density at radius 2 is 2.10 bits per heavy atom. The number of rotatable bonds is 6. The Balaban J connectivity index is 3.05. The second-order valence-corrected chi connectivity index (χ2v) is 4.10. The summed E-state index contributed by atoms with van der Waals surface area (Å²) in [6, 6.07) is 2.73. The van der Waals surface area contributed by atoms with Crippen molar-refractivity contribution in [3.05, 3.63) is 17.0 Å². The lowest BCUT2D eigenvalue weighted by atomic mass is 10.3. The first-order valence-electron chi connectivity index (χ1n) is 5.61. The number of halogens is 4. The Kier molecular flexibility index (Phi) is 5.98. The molecule has 0 spiro atoms. The van der Waals surface area contributed by atoms with Crippen molar-refractivity contribution in [1.82, 2.24) is 9.97 Å². The highest BCUT2D eigenvalue weighted by atomic mass is 35.5. The number of hydrogen-bond donors (Lipinski definition) is 0. The minimum Gasteiger partial charge on any atom is -0.383 e. The van der Waals surface area contributed by atoms with Gasteiger partial charge in [-0.2, -0.15) is 18.4 Å². The molecule has 9 heteroatoms. The van der Waals surface area contributed by atoms with Gasteiger partial charge in [0, 0.05) is 26.3 Å². The molecule has 0 radical (unpaired) electrons. The maximum Gasteiger partial charge on any atom is 0.433 e. The van der Waals surface area contributed by atoms with Gasteiger partial charge in [0.15, 0.2) is 5.69 Å². The zero-order valence-electron chi connectivity index (χ0n) is 10.6. The molecule has 1 aromatic rings. The van der Waals surface area contributed by atoms with Gasteiger partial charge in [0.05, 0.1) is 19.1 Å². The van der Waals surface area contributed by atoms with Crippen LogP contribution in [0.25, 0.3) is 0 Å². The number of nitriles is 1. The van der Waals surface area contributed by atoms with Crippen LogP contribution in [0.4, 0.5) is 19.0 Å². The second-order valence-electron chi connectivity index (χ2n) is 3.77. The molecule has 0 aliphatic heterocycles. The highest BCUT2D eigenvalue weighted by Gasteiger charge is 2.34. The molecule has 0 N–H and O–H groups in total. The summed E-state index contributed by atoms with van der Waals surface area (Å²) >= 11 is 5.52. The van der Waals surface area contributed by atoms with Gasteiger partial charge in [-0.25, -0.2) is 9.97 Å². The van der Waals surface area contributed by atoms with Crippen LogP contribution in [0, 0.1) is 11.3 Å². The maximum absolute atomic E-state index is 12.7. The van der Waals surface area contributed by atoms with E-state index < -0.39 is 17.2 Å². The monoisotopic (exact) mass is 308 g/mol. The zero-order valence-corrected chi connectivity index (χ0v) is 11.4. The van der Waals surface area contributed by atoms with Crippen molar-refractivity contribution in [3.63, 3.8) is 0 Å². The van der Waals surface area contributed by atoms with Crippen molar-refractivity contribution in [3.8, 4) is 6.07 Å². The molecule has 0 atom stereocenters. The maximum atomic E-state index is 12.7. The SMILES string of the molecule is COCCN(CCC#N)c1cc(C(F)(F)F)nc(Cl)n1. The summed E-state index contributed by atoms with van der Waals surface area (Å²) in [6.45, 7) is 0.807. The molecular formula is C11H12ClF3N4O. The molecule has 0 fully saturated rings. The van der Waals surface area contributed by atoms with Crippen molar-refractivity contribution in [1.29, 1.82) is 5.26 Å². The Hall–Kier alpha value is -1.59. The molecule has 5 nitrogen and oxygen atoms in total. The van der Waals surface area contributed by atoms with Crippen LogP contribution in [-0.2, 0) is 10.9 Å². The molecular weight excluding hydrogens is 297 g/mol. The van der Waals surface area contributed by atoms with Gasteiger partial charge in [0.1, 0.15) is 5.82 Å². The lowest BCUT2D eigenvalue weighted by Gasteiger charge is -2.23. The van der Waals surface area contributed by atoms with E-state index in [9.17, 15) is 13.2 Å². The van der Waals surface area contributed by atoms with Gasteiger partial charge in [-0.3, -0.25) is 0 Å². The number of methoxy groups -OCH3 is 1. The number of ether oxygens (including phenoxy) is 1. The van der Waals surface area contributed by atoms with Gasteiger partial charge in [0.2, 0.25) is 5.28 Å². The van der Waals surface area contributed by atoms with E-state index in [2.05, 4.69) is 9.97 Å². The van der Waals surface area contributed by atoms with Crippen molar-refractivity contribution >= 4 is 17.4 Å². The molecule has 110 valence electrons. The standard InChI is InChI=1S/C11H12ClF3N4O/c1-20-6-5-19(4-2-3-16)9-7-8(11(13,14)15)17-10(12)18-9/h7H,2,4-6H2,1H3. The summed E-state index contributed by atoms with van der Waals surface area (Å²) in [6.07, 6.45) is -4.46. The van der Waals surface area contributed by atoms with Crippen LogP contribution in [0.3, 0.4) is 0 Å². The first kappa shape index (κ1) is 16.5. The quantitative estimate of drug-likeness (QED) is 0.756. The summed E-state index contributed by atoms with van der Waals surface area (Å²) in [7, 11) is 1.47. The van der Waals surface area contributed by atoms with E-state index in [0.29, 0.717) is 6.54 Å². The highest BCUT2D eigenvalue weighted by molar-refractivity contribution is 6.28. The number of alkyl halides is 3. The van der Waals surface area contributed by atoms with Gasteiger partial charge in [-0.05, 0) is 11.6 Å². The number of nitrogens with zero attached hydrogens (tertiary/aromatic N) is 4. The molecule has 0 aliphatic rings. The summed E-state index contributed by atoms with van der Waals surface area (Å²) in [5.41, 5.74) is -1.12. The van der Waals surface area contributed by atoms with Gasteiger partial charge in [-0.15, -0.1) is 0 Å². The molecule has 0 aliphatic carbocycles. The molecule has 1 heterocycles. The smallest absolute Gasteiger partial charge is 0.383 e. The minimum atomic E-state index is -4.61. The third-order valence-electron chi connectivity index (χ3n) is 2.36. The molecule has 1 rings (SSSR count). The summed E-state index contributed by atoms with van der Waals surface area (Å²) in [5.74, 6) is 0.0182. The van der Waals surface area contributed by atoms with Crippen LogP contribution in [0.15, 0.2) is 6.07 Å². The topological polar surface area (TPSA) is 62.0 Å². The third kappa shape index (κ3) is 4.83. The molecule has 0 aromatic carbocycles. The molecule has 20 heavy (non-hydrogen) atoms. The molecule has 0 amide bonds. The summed E-state index contributed by atoms with van der Waals surface area (Å²) in [5, 5.41) is 8.09. The largest absolute Gasteiger partial charge is 0.433 e. The Bertz CT molecular complexity index is 490. The average Bonchev–Trinajstić information content (AvgIpc) is 2.37. The van der Waals surface area contributed by atoms with E-state index in [4.69, 9.17) is 21.6 Å². The van der Waals surface area contributed by atoms with Gasteiger partial charge in [-0.1, -0.05) is 0 Å². The predicted molar refractivity (Wildman–Crippen MR) is 66.4 cm³/mol. The molecule has 0 bridgehead atoms. The predicted octanol–water partition coefficient (Wildman–Crippen LogP) is 2.52. The lowest BCUT2D eigenvalue weighted by Crippen LogP contribution is -2.29. The number of hydrogen-bond acceptors (Lipinski definition) is 5. The fraction of sp³-hybridized carbons (Fsp3) is 0.545. The van der Waals surface area contributed by atoms with Crippen LogP contribution >= 0.6 is 11.6 Å². The molecule has 0 unspecified atom stereocenters. The Labute approximate surface area is 118 Å². The van der Waals surface area contributed by atoms with Crippen LogP contribution in [-0.4, -0.2) is 36.8 Å². The third-order valence-corrected chi connectivity index (χ3v) is 2.53. The van der Waals surface area contributed by atoms with Gasteiger partial charge >= 0.3 is 6.18 Å². The second kappa shape index (κ2) is 7.26. The van der Waals surface area contributed by atoms with E-state index in [0.717, 1.165) is 6.07 Å². The van der Waals surface area contributed by atoms with E-state index in [1.807, 2.05) is 6.07 Å². The van der Waals surface area contributed by atoms with Crippen molar-refractivity contribution in [2.45, 2.75) is 12.6 Å². The van der Waals surface area contributed by atoms with E-state index in [1.165, 1.54) is 12.0 Å². The first-order chi connectivity index (χ1) is 9.38. The van der Waals surface area contributed by atoms with E-state index in [1.54, 1.807) is 0 Å². The highest BCUT2D eigenvalue weighted by Crippen LogP contribution is 2.30.